The summed E-state index contributed by atoms with van der Waals surface area (Å²) in [7, 11) is 0. The van der Waals surface area contributed by atoms with Crippen molar-refractivity contribution in [2.75, 3.05) is 13.2 Å². The summed E-state index contributed by atoms with van der Waals surface area (Å²) in [5.74, 6) is -3.97. The van der Waals surface area contributed by atoms with E-state index in [-0.39, 0.29) is 18.3 Å². The van der Waals surface area contributed by atoms with Crippen LogP contribution in [-0.4, -0.2) is 41.6 Å². The van der Waals surface area contributed by atoms with Crippen molar-refractivity contribution in [2.24, 2.45) is 0 Å². The smallest absolute Gasteiger partial charge is 0.330 e. The highest BCUT2D eigenvalue weighted by atomic mass is 19.3. The Balaban J connectivity index is 1.66. The number of nitrogens with one attached hydrogen (secondary N) is 1. The van der Waals surface area contributed by atoms with E-state index in [2.05, 4.69) is 20.2 Å². The van der Waals surface area contributed by atoms with Gasteiger partial charge >= 0.3 is 12.3 Å². The van der Waals surface area contributed by atoms with E-state index < -0.39 is 31.5 Å². The SMILES string of the molecule is O=C(COCC(F)(F)C(F)F)NCc1noc(C2CCC2)n1. The Morgan fingerprint density at radius 3 is 2.77 bits per heavy atom. The highest BCUT2D eigenvalue weighted by Crippen LogP contribution is 2.35. The van der Waals surface area contributed by atoms with Crippen molar-refractivity contribution < 1.29 is 31.6 Å². The van der Waals surface area contributed by atoms with Gasteiger partial charge in [-0.15, -0.1) is 0 Å². The van der Waals surface area contributed by atoms with Gasteiger partial charge in [0.1, 0.15) is 13.2 Å². The van der Waals surface area contributed by atoms with E-state index in [9.17, 15) is 22.4 Å². The van der Waals surface area contributed by atoms with Crippen molar-refractivity contribution in [3.8, 4) is 0 Å². The van der Waals surface area contributed by atoms with Crippen LogP contribution < -0.4 is 5.32 Å². The molecule has 1 saturated carbocycles. The van der Waals surface area contributed by atoms with Crippen LogP contribution in [0.3, 0.4) is 0 Å². The van der Waals surface area contributed by atoms with E-state index in [1.807, 2.05) is 0 Å². The molecule has 0 atom stereocenters. The Morgan fingerprint density at radius 1 is 1.45 bits per heavy atom. The summed E-state index contributed by atoms with van der Waals surface area (Å²) < 4.78 is 58.1. The third-order valence-electron chi connectivity index (χ3n) is 3.23. The molecule has 0 spiro atoms. The van der Waals surface area contributed by atoms with E-state index in [0.29, 0.717) is 5.89 Å². The zero-order valence-electron chi connectivity index (χ0n) is 11.5. The third-order valence-corrected chi connectivity index (χ3v) is 3.23. The lowest BCUT2D eigenvalue weighted by Crippen LogP contribution is -2.35. The van der Waals surface area contributed by atoms with Gasteiger partial charge in [-0.05, 0) is 12.8 Å². The number of hydrogen-bond acceptors (Lipinski definition) is 5. The summed E-state index contributed by atoms with van der Waals surface area (Å²) in [6, 6.07) is 0. The number of alkyl halides is 4. The molecule has 0 radical (unpaired) electrons. The predicted molar refractivity (Wildman–Crippen MR) is 64.5 cm³/mol. The maximum absolute atomic E-state index is 12.5. The molecular weight excluding hydrogens is 310 g/mol. The van der Waals surface area contributed by atoms with Crippen molar-refractivity contribution in [3.63, 3.8) is 0 Å². The average Bonchev–Trinajstić information content (AvgIpc) is 2.82. The molecule has 1 fully saturated rings. The molecule has 1 amide bonds. The van der Waals surface area contributed by atoms with Crippen LogP contribution in [0.4, 0.5) is 17.6 Å². The van der Waals surface area contributed by atoms with Gasteiger partial charge in [-0.1, -0.05) is 11.6 Å². The molecule has 1 aliphatic rings. The number of ether oxygens (including phenoxy) is 1. The van der Waals surface area contributed by atoms with Crippen molar-refractivity contribution in [2.45, 2.75) is 44.1 Å². The molecule has 1 aromatic rings. The minimum atomic E-state index is -4.27. The minimum absolute atomic E-state index is 0.0519. The van der Waals surface area contributed by atoms with Crippen LogP contribution in [-0.2, 0) is 16.1 Å². The first-order valence-electron chi connectivity index (χ1n) is 6.71. The van der Waals surface area contributed by atoms with Gasteiger partial charge in [-0.25, -0.2) is 8.78 Å². The highest BCUT2D eigenvalue weighted by molar-refractivity contribution is 5.77. The molecule has 0 saturated heterocycles. The molecule has 2 rings (SSSR count). The lowest BCUT2D eigenvalue weighted by Gasteiger charge is -2.20. The van der Waals surface area contributed by atoms with Gasteiger partial charge < -0.3 is 14.6 Å². The Kier molecular flexibility index (Phi) is 5.33. The van der Waals surface area contributed by atoms with Crippen LogP contribution in [0.5, 0.6) is 0 Å². The molecule has 6 nitrogen and oxygen atoms in total. The molecule has 1 N–H and O–H groups in total. The second-order valence-corrected chi connectivity index (χ2v) is 5.01. The second kappa shape index (κ2) is 7.03. The van der Waals surface area contributed by atoms with E-state index in [1.165, 1.54) is 0 Å². The minimum Gasteiger partial charge on any atom is -0.365 e. The molecule has 0 unspecified atom stereocenters. The molecular formula is C12H15F4N3O3. The lowest BCUT2D eigenvalue weighted by atomic mass is 9.85. The van der Waals surface area contributed by atoms with Crippen LogP contribution in [0, 0.1) is 0 Å². The topological polar surface area (TPSA) is 77.2 Å². The second-order valence-electron chi connectivity index (χ2n) is 5.01. The fourth-order valence-electron chi connectivity index (χ4n) is 1.73. The largest absolute Gasteiger partial charge is 0.365 e. The molecule has 1 heterocycles. The number of nitrogens with zero attached hydrogens (tertiary/aromatic N) is 2. The first kappa shape index (κ1) is 16.7. The molecule has 124 valence electrons. The quantitative estimate of drug-likeness (QED) is 0.738. The first-order valence-corrected chi connectivity index (χ1v) is 6.71. The Morgan fingerprint density at radius 2 is 2.18 bits per heavy atom. The predicted octanol–water partition coefficient (Wildman–Crippen LogP) is 1.87. The number of rotatable bonds is 8. The fraction of sp³-hybridized carbons (Fsp3) is 0.750. The normalized spacial score (nSPS) is 15.9. The van der Waals surface area contributed by atoms with E-state index in [1.54, 1.807) is 0 Å². The zero-order chi connectivity index (χ0) is 16.2. The Labute approximate surface area is 123 Å². The van der Waals surface area contributed by atoms with Crippen LogP contribution in [0.1, 0.15) is 36.9 Å². The summed E-state index contributed by atoms with van der Waals surface area (Å²) in [5.41, 5.74) is 0. The van der Waals surface area contributed by atoms with E-state index in [4.69, 9.17) is 4.52 Å². The Hall–Kier alpha value is -1.71. The van der Waals surface area contributed by atoms with Crippen LogP contribution in [0.15, 0.2) is 4.52 Å². The van der Waals surface area contributed by atoms with Gasteiger partial charge in [0.25, 0.3) is 0 Å². The number of aromatic nitrogens is 2. The van der Waals surface area contributed by atoms with Crippen LogP contribution in [0.2, 0.25) is 0 Å². The number of carbonyl (C=O) groups is 1. The number of amides is 1. The van der Waals surface area contributed by atoms with Gasteiger partial charge in [-0.2, -0.15) is 13.8 Å². The maximum atomic E-state index is 12.5. The fourth-order valence-corrected chi connectivity index (χ4v) is 1.73. The molecule has 1 aromatic heterocycles. The monoisotopic (exact) mass is 325 g/mol. The maximum Gasteiger partial charge on any atom is 0.330 e. The Bertz CT molecular complexity index is 506. The van der Waals surface area contributed by atoms with Crippen molar-refractivity contribution in [1.82, 2.24) is 15.5 Å². The number of hydrogen-bond donors (Lipinski definition) is 1. The van der Waals surface area contributed by atoms with Crippen LogP contribution >= 0.6 is 0 Å². The van der Waals surface area contributed by atoms with Crippen molar-refractivity contribution >= 4 is 5.91 Å². The van der Waals surface area contributed by atoms with Gasteiger partial charge in [-0.3, -0.25) is 4.79 Å². The van der Waals surface area contributed by atoms with E-state index >= 15 is 0 Å². The zero-order valence-corrected chi connectivity index (χ0v) is 11.5. The lowest BCUT2D eigenvalue weighted by molar-refractivity contribution is -0.168. The van der Waals surface area contributed by atoms with Gasteiger partial charge in [0.2, 0.25) is 11.8 Å². The highest BCUT2D eigenvalue weighted by Gasteiger charge is 2.41. The third kappa shape index (κ3) is 4.39. The molecule has 0 aromatic carbocycles. The summed E-state index contributed by atoms with van der Waals surface area (Å²) in [6.45, 7) is -2.33. The van der Waals surface area contributed by atoms with Crippen LogP contribution in [0.25, 0.3) is 0 Å². The standard InChI is InChI=1S/C12H15F4N3O3/c13-11(14)12(15,16)6-21-5-9(20)17-4-8-18-10(22-19-8)7-2-1-3-7/h7,11H,1-6H2,(H,17,20). The van der Waals surface area contributed by atoms with Gasteiger partial charge in [0.05, 0.1) is 6.54 Å². The summed E-state index contributed by atoms with van der Waals surface area (Å²) in [4.78, 5) is 15.4. The molecule has 0 bridgehead atoms. The van der Waals surface area contributed by atoms with Gasteiger partial charge in [0.15, 0.2) is 5.82 Å². The number of halogens is 4. The summed E-state index contributed by atoms with van der Waals surface area (Å²) in [5, 5.41) is 5.99. The van der Waals surface area contributed by atoms with Gasteiger partial charge in [0, 0.05) is 5.92 Å². The van der Waals surface area contributed by atoms with Crippen molar-refractivity contribution in [1.29, 1.82) is 0 Å². The molecule has 0 aliphatic heterocycles. The summed E-state index contributed by atoms with van der Waals surface area (Å²) in [6.07, 6.45) is -0.750. The summed E-state index contributed by atoms with van der Waals surface area (Å²) >= 11 is 0. The first-order chi connectivity index (χ1) is 10.4. The number of carbonyl (C=O) groups excluding carboxylic acids is 1. The van der Waals surface area contributed by atoms with E-state index in [0.717, 1.165) is 19.3 Å². The molecule has 22 heavy (non-hydrogen) atoms. The van der Waals surface area contributed by atoms with Crippen molar-refractivity contribution in [3.05, 3.63) is 11.7 Å². The molecule has 1 aliphatic carbocycles. The molecule has 10 heteroatoms. The average molecular weight is 325 g/mol.